The summed E-state index contributed by atoms with van der Waals surface area (Å²) in [6, 6.07) is 0. The lowest BCUT2D eigenvalue weighted by molar-refractivity contribution is -0.913. The van der Waals surface area contributed by atoms with Crippen LogP contribution in [0.4, 0.5) is 0 Å². The van der Waals surface area contributed by atoms with E-state index < -0.39 is 6.10 Å². The number of rotatable bonds is 6. The van der Waals surface area contributed by atoms with Crippen molar-refractivity contribution in [2.45, 2.75) is 18.5 Å². The van der Waals surface area contributed by atoms with Crippen LogP contribution in [0.5, 0.6) is 0 Å². The van der Waals surface area contributed by atoms with Crippen LogP contribution < -0.4 is 12.4 Å². The van der Waals surface area contributed by atoms with Crippen molar-refractivity contribution in [1.29, 1.82) is 0 Å². The quantitative estimate of drug-likeness (QED) is 0.266. The summed E-state index contributed by atoms with van der Waals surface area (Å²) in [6.07, 6.45) is 3.08. The third kappa shape index (κ3) is 4.47. The number of halogens is 2. The molecule has 2 unspecified atom stereocenters. The zero-order valence-electron chi connectivity index (χ0n) is 8.79. The highest BCUT2D eigenvalue weighted by molar-refractivity contribution is 6.20. The fraction of sp³-hybridized carbons (Fsp3) is 0.600. The Morgan fingerprint density at radius 2 is 1.71 bits per heavy atom. The van der Waals surface area contributed by atoms with Crippen molar-refractivity contribution in [2.75, 3.05) is 20.1 Å². The molecule has 4 heteroatoms. The number of aliphatic hydroxyl groups is 1. The summed E-state index contributed by atoms with van der Waals surface area (Å²) in [5.74, 6) is 0. The first-order valence-electron chi connectivity index (χ1n) is 4.36. The molecule has 0 radical (unpaired) electrons. The molecule has 0 heterocycles. The summed E-state index contributed by atoms with van der Waals surface area (Å²) in [5.41, 5.74) is -0.323. The molecule has 0 aromatic rings. The average molecular weight is 240 g/mol. The van der Waals surface area contributed by atoms with Crippen LogP contribution in [0.15, 0.2) is 25.3 Å². The van der Waals surface area contributed by atoms with E-state index in [0.717, 1.165) is 13.1 Å². The minimum atomic E-state index is -0.536. The van der Waals surface area contributed by atoms with Crippen molar-refractivity contribution in [1.82, 2.24) is 0 Å². The zero-order valence-corrected chi connectivity index (χ0v) is 10.3. The third-order valence-corrected chi connectivity index (χ3v) is 2.92. The van der Waals surface area contributed by atoms with E-state index in [1.807, 2.05) is 7.05 Å². The third-order valence-electron chi connectivity index (χ3n) is 2.09. The highest BCUT2D eigenvalue weighted by Gasteiger charge is 2.32. The number of likely N-dealkylation sites (N-methyl/N-ethyl adjacent to an activating group) is 1. The van der Waals surface area contributed by atoms with Crippen molar-refractivity contribution in [2.24, 2.45) is 0 Å². The van der Waals surface area contributed by atoms with Gasteiger partial charge in [-0.2, -0.15) is 0 Å². The van der Waals surface area contributed by atoms with Gasteiger partial charge in [-0.25, -0.2) is 0 Å². The molecular formula is C10H19Cl2NO. The second-order valence-electron chi connectivity index (χ2n) is 3.54. The van der Waals surface area contributed by atoms with E-state index in [-0.39, 0.29) is 17.9 Å². The van der Waals surface area contributed by atoms with Crippen LogP contribution in [0.2, 0.25) is 0 Å². The van der Waals surface area contributed by atoms with Gasteiger partial charge in [0.15, 0.2) is 5.50 Å². The van der Waals surface area contributed by atoms with E-state index >= 15 is 0 Å². The lowest BCUT2D eigenvalue weighted by Crippen LogP contribution is -3.00. The molecule has 0 aromatic carbocycles. The van der Waals surface area contributed by atoms with E-state index in [4.69, 9.17) is 11.6 Å². The van der Waals surface area contributed by atoms with Crippen LogP contribution in [-0.4, -0.2) is 41.3 Å². The predicted molar refractivity (Wildman–Crippen MR) is 57.6 cm³/mol. The first-order valence-corrected chi connectivity index (χ1v) is 4.79. The van der Waals surface area contributed by atoms with Crippen molar-refractivity contribution in [3.63, 3.8) is 0 Å². The predicted octanol–water partition coefficient (Wildman–Crippen LogP) is -1.25. The molecule has 0 bridgehead atoms. The molecule has 0 rings (SSSR count). The first-order chi connectivity index (χ1) is 5.98. The van der Waals surface area contributed by atoms with Crippen LogP contribution >= 0.6 is 11.6 Å². The highest BCUT2D eigenvalue weighted by Crippen LogP contribution is 2.18. The topological polar surface area (TPSA) is 20.2 Å². The Balaban J connectivity index is 0. The Kier molecular flexibility index (Phi) is 8.55. The second kappa shape index (κ2) is 7.30. The van der Waals surface area contributed by atoms with Gasteiger partial charge >= 0.3 is 0 Å². The summed E-state index contributed by atoms with van der Waals surface area (Å²) in [6.45, 7) is 10.5. The molecule has 0 aromatic heterocycles. The van der Waals surface area contributed by atoms with Gasteiger partial charge in [0.25, 0.3) is 0 Å². The summed E-state index contributed by atoms with van der Waals surface area (Å²) in [5, 5.41) is 9.39. The van der Waals surface area contributed by atoms with Gasteiger partial charge in [-0.05, 0) is 19.1 Å². The van der Waals surface area contributed by atoms with Gasteiger partial charge in [0.05, 0.1) is 20.1 Å². The second-order valence-corrected chi connectivity index (χ2v) is 3.98. The van der Waals surface area contributed by atoms with Gasteiger partial charge in [0.2, 0.25) is 0 Å². The number of alkyl halides is 1. The molecule has 0 spiro atoms. The van der Waals surface area contributed by atoms with Crippen LogP contribution in [0.1, 0.15) is 6.92 Å². The van der Waals surface area contributed by atoms with Crippen molar-refractivity contribution in [3.8, 4) is 0 Å². The Labute approximate surface area is 97.9 Å². The summed E-state index contributed by atoms with van der Waals surface area (Å²) >= 11 is 6.11. The zero-order chi connectivity index (χ0) is 10.5. The van der Waals surface area contributed by atoms with Gasteiger partial charge in [-0.1, -0.05) is 24.8 Å². The SMILES string of the molecule is C=CC[N+](C)(CC=C)C(Cl)C(C)O.[Cl-]. The molecule has 0 saturated carbocycles. The molecule has 0 fully saturated rings. The van der Waals surface area contributed by atoms with E-state index in [2.05, 4.69) is 13.2 Å². The highest BCUT2D eigenvalue weighted by atomic mass is 35.5. The van der Waals surface area contributed by atoms with Crippen LogP contribution in [-0.2, 0) is 0 Å². The molecular weight excluding hydrogens is 221 g/mol. The standard InChI is InChI=1S/C10H19ClNO.ClH/c1-5-7-12(4,8-6-2)10(11)9(3)13;/h5-6,9-10,13H,1-2,7-8H2,3-4H3;1H/q+1;/p-1. The van der Waals surface area contributed by atoms with Crippen LogP contribution in [0.3, 0.4) is 0 Å². The van der Waals surface area contributed by atoms with Crippen molar-refractivity contribution >= 4 is 11.6 Å². The molecule has 14 heavy (non-hydrogen) atoms. The average Bonchev–Trinajstić information content (AvgIpc) is 2.03. The summed E-state index contributed by atoms with van der Waals surface area (Å²) in [4.78, 5) is 0. The number of hydrogen-bond donors (Lipinski definition) is 1. The lowest BCUT2D eigenvalue weighted by atomic mass is 10.3. The molecule has 2 nitrogen and oxygen atoms in total. The van der Waals surface area contributed by atoms with Gasteiger partial charge in [-0.3, -0.25) is 0 Å². The Morgan fingerprint density at radius 1 is 1.36 bits per heavy atom. The first kappa shape index (κ1) is 16.4. The van der Waals surface area contributed by atoms with Crippen molar-refractivity contribution < 1.29 is 22.0 Å². The van der Waals surface area contributed by atoms with E-state index in [0.29, 0.717) is 4.48 Å². The van der Waals surface area contributed by atoms with Crippen LogP contribution in [0, 0.1) is 0 Å². The monoisotopic (exact) mass is 239 g/mol. The fourth-order valence-electron chi connectivity index (χ4n) is 1.39. The molecule has 2 atom stereocenters. The molecule has 0 saturated heterocycles. The Bertz CT molecular complexity index is 173. The fourth-order valence-corrected chi connectivity index (χ4v) is 1.55. The van der Waals surface area contributed by atoms with E-state index in [1.165, 1.54) is 0 Å². The van der Waals surface area contributed by atoms with E-state index in [9.17, 15) is 5.11 Å². The van der Waals surface area contributed by atoms with Crippen LogP contribution in [0.25, 0.3) is 0 Å². The molecule has 0 aliphatic heterocycles. The van der Waals surface area contributed by atoms with Gasteiger partial charge in [-0.15, -0.1) is 0 Å². The minimum absolute atomic E-state index is 0. The van der Waals surface area contributed by atoms with E-state index in [1.54, 1.807) is 19.1 Å². The molecule has 0 aliphatic carbocycles. The number of hydrogen-bond acceptors (Lipinski definition) is 1. The van der Waals surface area contributed by atoms with Gasteiger partial charge in [0.1, 0.15) is 6.10 Å². The molecule has 0 aliphatic rings. The number of nitrogens with zero attached hydrogens (tertiary/aromatic N) is 1. The molecule has 84 valence electrons. The summed E-state index contributed by atoms with van der Waals surface area (Å²) in [7, 11) is 1.98. The lowest BCUT2D eigenvalue weighted by Gasteiger charge is -2.38. The molecule has 1 N–H and O–H groups in total. The minimum Gasteiger partial charge on any atom is -1.00 e. The van der Waals surface area contributed by atoms with Gasteiger partial charge in [0, 0.05) is 0 Å². The maximum absolute atomic E-state index is 9.39. The maximum Gasteiger partial charge on any atom is 0.190 e. The smallest absolute Gasteiger partial charge is 0.190 e. The number of quaternary nitrogens is 1. The summed E-state index contributed by atoms with van der Waals surface area (Å²) < 4.78 is 0.534. The molecule has 0 amide bonds. The van der Waals surface area contributed by atoms with Gasteiger partial charge < -0.3 is 22.0 Å². The number of aliphatic hydroxyl groups excluding tert-OH is 1. The largest absolute Gasteiger partial charge is 1.00 e. The van der Waals surface area contributed by atoms with Crippen molar-refractivity contribution in [3.05, 3.63) is 25.3 Å². The Morgan fingerprint density at radius 3 is 1.93 bits per heavy atom. The maximum atomic E-state index is 9.39. The normalized spacial score (nSPS) is 15.1. The Hall–Kier alpha value is -0.0200.